The van der Waals surface area contributed by atoms with Crippen molar-refractivity contribution in [1.29, 1.82) is 0 Å². The highest BCUT2D eigenvalue weighted by molar-refractivity contribution is 5.84. The second kappa shape index (κ2) is 5.48. The Balaban J connectivity index is 1.93. The summed E-state index contributed by atoms with van der Waals surface area (Å²) in [5.41, 5.74) is 3.46. The molecule has 0 aliphatic carbocycles. The number of hydrazine groups is 1. The van der Waals surface area contributed by atoms with Crippen LogP contribution in [0.5, 0.6) is 5.75 Å². The van der Waals surface area contributed by atoms with Gasteiger partial charge >= 0.3 is 6.09 Å². The smallest absolute Gasteiger partial charge is 0.407 e. The number of hydrogen-bond donors (Lipinski definition) is 4. The van der Waals surface area contributed by atoms with Gasteiger partial charge in [-0.3, -0.25) is 5.43 Å². The summed E-state index contributed by atoms with van der Waals surface area (Å²) < 4.78 is 5.11. The molecular formula is C13H17N5O2. The van der Waals surface area contributed by atoms with Crippen LogP contribution in [0.1, 0.15) is 24.6 Å². The van der Waals surface area contributed by atoms with Crippen LogP contribution in [0.15, 0.2) is 18.2 Å². The van der Waals surface area contributed by atoms with E-state index in [0.717, 1.165) is 37.3 Å². The summed E-state index contributed by atoms with van der Waals surface area (Å²) in [6, 6.07) is 5.43. The molecule has 0 unspecified atom stereocenters. The molecular weight excluding hydrogens is 258 g/mol. The highest BCUT2D eigenvalue weighted by Crippen LogP contribution is 2.29. The maximum absolute atomic E-state index is 11.2. The van der Waals surface area contributed by atoms with Gasteiger partial charge in [0.2, 0.25) is 0 Å². The first-order valence-electron chi connectivity index (χ1n) is 6.65. The Bertz CT molecular complexity index is 618. The highest BCUT2D eigenvalue weighted by atomic mass is 16.6. The summed E-state index contributed by atoms with van der Waals surface area (Å²) in [5.74, 6) is 6.80. The molecule has 0 bridgehead atoms. The number of piperidine rings is 1. The number of hydrogen-bond acceptors (Lipinski definition) is 5. The summed E-state index contributed by atoms with van der Waals surface area (Å²) in [6.07, 6.45) is 1.41. The molecule has 2 aromatic rings. The molecule has 20 heavy (non-hydrogen) atoms. The van der Waals surface area contributed by atoms with E-state index in [1.807, 2.05) is 17.6 Å². The van der Waals surface area contributed by atoms with Gasteiger partial charge in [0.05, 0.1) is 5.52 Å². The number of imidazole rings is 1. The molecule has 1 amide bonds. The van der Waals surface area contributed by atoms with Gasteiger partial charge in [0.15, 0.2) is 5.75 Å². The summed E-state index contributed by atoms with van der Waals surface area (Å²) >= 11 is 0. The van der Waals surface area contributed by atoms with Gasteiger partial charge in [-0.05, 0) is 38.1 Å². The largest absolute Gasteiger partial charge is 0.426 e. The third-order valence-corrected chi connectivity index (χ3v) is 3.54. The Kier molecular flexibility index (Phi) is 3.53. The lowest BCUT2D eigenvalue weighted by Crippen LogP contribution is -2.32. The van der Waals surface area contributed by atoms with E-state index in [2.05, 4.69) is 15.3 Å². The molecule has 3 rings (SSSR count). The number of nitrogens with two attached hydrogens (primary N) is 1. The maximum atomic E-state index is 11.2. The minimum atomic E-state index is -0.705. The number of nitrogens with one attached hydrogen (secondary N) is 3. The van der Waals surface area contributed by atoms with Crippen LogP contribution in [-0.4, -0.2) is 29.2 Å². The minimum Gasteiger partial charge on any atom is -0.407 e. The van der Waals surface area contributed by atoms with Crippen molar-refractivity contribution < 1.29 is 9.53 Å². The zero-order valence-electron chi connectivity index (χ0n) is 11.0. The van der Waals surface area contributed by atoms with Crippen molar-refractivity contribution in [2.45, 2.75) is 18.8 Å². The molecule has 0 radical (unpaired) electrons. The molecule has 7 nitrogen and oxygen atoms in total. The molecule has 0 saturated carbocycles. The zero-order valence-corrected chi connectivity index (χ0v) is 11.0. The number of fused-ring (bicyclic) bond motifs is 1. The first-order valence-corrected chi connectivity index (χ1v) is 6.65. The minimum absolute atomic E-state index is 0.405. The van der Waals surface area contributed by atoms with Crippen molar-refractivity contribution in [3.8, 4) is 5.75 Å². The quantitative estimate of drug-likeness (QED) is 0.371. The molecule has 7 heteroatoms. The van der Waals surface area contributed by atoms with Crippen molar-refractivity contribution in [2.75, 3.05) is 13.1 Å². The lowest BCUT2D eigenvalue weighted by Gasteiger charge is -2.20. The third kappa shape index (κ3) is 2.45. The summed E-state index contributed by atoms with van der Waals surface area (Å²) in [4.78, 5) is 19.1. The number of benzene rings is 1. The van der Waals surface area contributed by atoms with Crippen LogP contribution in [0, 0.1) is 0 Å². The monoisotopic (exact) mass is 275 g/mol. The van der Waals surface area contributed by atoms with E-state index in [-0.39, 0.29) is 0 Å². The lowest BCUT2D eigenvalue weighted by atomic mass is 9.98. The number of H-pyrrole nitrogens is 1. The van der Waals surface area contributed by atoms with Gasteiger partial charge in [0.25, 0.3) is 0 Å². The number of carbonyl (C=O) groups is 1. The van der Waals surface area contributed by atoms with Gasteiger partial charge in [0.1, 0.15) is 11.3 Å². The van der Waals surface area contributed by atoms with Crippen molar-refractivity contribution in [2.24, 2.45) is 5.84 Å². The van der Waals surface area contributed by atoms with E-state index in [9.17, 15) is 4.79 Å². The maximum Gasteiger partial charge on any atom is 0.426 e. The predicted octanol–water partition coefficient (Wildman–Crippen LogP) is 0.992. The van der Waals surface area contributed by atoms with Crippen LogP contribution < -0.4 is 21.3 Å². The number of aromatic amines is 1. The summed E-state index contributed by atoms with van der Waals surface area (Å²) in [7, 11) is 0. The van der Waals surface area contributed by atoms with Gasteiger partial charge in [-0.1, -0.05) is 6.07 Å². The Morgan fingerprint density at radius 1 is 1.40 bits per heavy atom. The zero-order chi connectivity index (χ0) is 13.9. The number of aromatic nitrogens is 2. The fraction of sp³-hybridized carbons (Fsp3) is 0.385. The molecule has 1 aliphatic rings. The van der Waals surface area contributed by atoms with E-state index in [0.29, 0.717) is 17.2 Å². The number of nitrogens with zero attached hydrogens (tertiary/aromatic N) is 1. The first kappa shape index (κ1) is 12.9. The summed E-state index contributed by atoms with van der Waals surface area (Å²) in [5, 5.41) is 3.33. The molecule has 5 N–H and O–H groups in total. The lowest BCUT2D eigenvalue weighted by molar-refractivity contribution is 0.201. The number of carbonyl (C=O) groups excluding carboxylic acids is 1. The normalized spacial score (nSPS) is 16.2. The molecule has 1 saturated heterocycles. The molecule has 106 valence electrons. The molecule has 2 heterocycles. The Morgan fingerprint density at radius 2 is 2.20 bits per heavy atom. The predicted molar refractivity (Wildman–Crippen MR) is 74.3 cm³/mol. The van der Waals surface area contributed by atoms with Crippen molar-refractivity contribution in [3.05, 3.63) is 24.0 Å². The molecule has 0 atom stereocenters. The van der Waals surface area contributed by atoms with Crippen LogP contribution in [0.4, 0.5) is 4.79 Å². The molecule has 1 aromatic heterocycles. The summed E-state index contributed by atoms with van der Waals surface area (Å²) in [6.45, 7) is 2.00. The van der Waals surface area contributed by atoms with Crippen molar-refractivity contribution in [1.82, 2.24) is 20.7 Å². The van der Waals surface area contributed by atoms with Crippen LogP contribution in [0.2, 0.25) is 0 Å². The van der Waals surface area contributed by atoms with Crippen molar-refractivity contribution in [3.63, 3.8) is 0 Å². The van der Waals surface area contributed by atoms with Gasteiger partial charge in [-0.2, -0.15) is 0 Å². The Labute approximate surface area is 115 Å². The fourth-order valence-electron chi connectivity index (χ4n) is 2.53. The van der Waals surface area contributed by atoms with Crippen LogP contribution in [0.3, 0.4) is 0 Å². The highest BCUT2D eigenvalue weighted by Gasteiger charge is 2.20. The van der Waals surface area contributed by atoms with Gasteiger partial charge in [0, 0.05) is 5.92 Å². The van der Waals surface area contributed by atoms with E-state index >= 15 is 0 Å². The fourth-order valence-corrected chi connectivity index (χ4v) is 2.53. The van der Waals surface area contributed by atoms with Crippen molar-refractivity contribution >= 4 is 17.1 Å². The number of ether oxygens (including phenoxy) is 1. The van der Waals surface area contributed by atoms with Crippen LogP contribution >= 0.6 is 0 Å². The first-order chi connectivity index (χ1) is 9.78. The van der Waals surface area contributed by atoms with Gasteiger partial charge < -0.3 is 15.0 Å². The van der Waals surface area contributed by atoms with Gasteiger partial charge in [-0.25, -0.2) is 15.6 Å². The average molecular weight is 275 g/mol. The second-order valence-corrected chi connectivity index (χ2v) is 4.83. The van der Waals surface area contributed by atoms with Gasteiger partial charge in [-0.15, -0.1) is 0 Å². The van der Waals surface area contributed by atoms with E-state index < -0.39 is 6.09 Å². The standard InChI is InChI=1S/C13H17N5O2/c14-18-13(19)20-10-3-1-2-9-11(10)17-12(16-9)8-4-6-15-7-5-8/h1-3,8,15H,4-7,14H2,(H,16,17)(H,18,19). The van der Waals surface area contributed by atoms with E-state index in [4.69, 9.17) is 10.6 Å². The average Bonchev–Trinajstić information content (AvgIpc) is 2.93. The van der Waals surface area contributed by atoms with Crippen LogP contribution in [0.25, 0.3) is 11.0 Å². The molecule has 1 aliphatic heterocycles. The molecule has 0 spiro atoms. The van der Waals surface area contributed by atoms with E-state index in [1.54, 1.807) is 6.07 Å². The van der Waals surface area contributed by atoms with E-state index in [1.165, 1.54) is 0 Å². The Hall–Kier alpha value is -2.12. The molecule has 1 aromatic carbocycles. The third-order valence-electron chi connectivity index (χ3n) is 3.54. The SMILES string of the molecule is NNC(=O)Oc1cccc2[nH]c(C3CCNCC3)nc12. The number of rotatable bonds is 2. The molecule has 1 fully saturated rings. The number of para-hydroxylation sites is 1. The Morgan fingerprint density at radius 3 is 2.95 bits per heavy atom. The van der Waals surface area contributed by atoms with Crippen LogP contribution in [-0.2, 0) is 0 Å². The second-order valence-electron chi connectivity index (χ2n) is 4.83. The topological polar surface area (TPSA) is 105 Å². The number of amides is 1.